The first-order valence-corrected chi connectivity index (χ1v) is 7.21. The van der Waals surface area contributed by atoms with Crippen LogP contribution in [0.4, 0.5) is 0 Å². The van der Waals surface area contributed by atoms with E-state index < -0.39 is 15.4 Å². The lowest BCUT2D eigenvalue weighted by Gasteiger charge is -2.25. The summed E-state index contributed by atoms with van der Waals surface area (Å²) in [6, 6.07) is 0. The zero-order valence-electron chi connectivity index (χ0n) is 10.2. The van der Waals surface area contributed by atoms with E-state index in [0.29, 0.717) is 25.5 Å². The third kappa shape index (κ3) is 4.49. The highest BCUT2D eigenvalue weighted by Gasteiger charge is 2.38. The number of nitrogens with two attached hydrogens (primary N) is 1. The first kappa shape index (κ1) is 14.2. The van der Waals surface area contributed by atoms with Crippen LogP contribution >= 0.6 is 0 Å². The standard InChI is InChI=1S/C9H20N4O3S/c1-9(3-6-17(14,15)7-9)12-8(13-10)11-4-5-16-2/h3-7,10H2,1-2H3,(H2,11,12,13). The van der Waals surface area contributed by atoms with Crippen LogP contribution in [0.1, 0.15) is 13.3 Å². The zero-order chi connectivity index (χ0) is 12.9. The molecule has 1 fully saturated rings. The van der Waals surface area contributed by atoms with E-state index in [1.54, 1.807) is 7.11 Å². The molecule has 100 valence electrons. The molecule has 4 N–H and O–H groups in total. The highest BCUT2D eigenvalue weighted by atomic mass is 32.2. The van der Waals surface area contributed by atoms with Crippen molar-refractivity contribution in [2.45, 2.75) is 18.9 Å². The number of guanidine groups is 1. The summed E-state index contributed by atoms with van der Waals surface area (Å²) in [7, 11) is -1.36. The van der Waals surface area contributed by atoms with Crippen LogP contribution in [0.25, 0.3) is 0 Å². The van der Waals surface area contributed by atoms with Gasteiger partial charge in [0, 0.05) is 7.11 Å². The Morgan fingerprint density at radius 3 is 2.76 bits per heavy atom. The predicted octanol–water partition coefficient (Wildman–Crippen LogP) is -1.38. The monoisotopic (exact) mass is 264 g/mol. The number of sulfone groups is 1. The number of hydrazine groups is 1. The van der Waals surface area contributed by atoms with Crippen LogP contribution in [0.5, 0.6) is 0 Å². The molecule has 1 rings (SSSR count). The molecule has 1 atom stereocenters. The predicted molar refractivity (Wildman–Crippen MR) is 66.3 cm³/mol. The molecule has 1 aliphatic heterocycles. The Morgan fingerprint density at radius 2 is 2.29 bits per heavy atom. The highest BCUT2D eigenvalue weighted by Crippen LogP contribution is 2.22. The molecule has 7 nitrogen and oxygen atoms in total. The van der Waals surface area contributed by atoms with Gasteiger partial charge in [0.05, 0.1) is 30.2 Å². The fourth-order valence-corrected chi connectivity index (χ4v) is 3.86. The molecule has 0 aromatic heterocycles. The summed E-state index contributed by atoms with van der Waals surface area (Å²) in [5.41, 5.74) is 1.93. The Morgan fingerprint density at radius 1 is 1.59 bits per heavy atom. The molecule has 0 aliphatic carbocycles. The van der Waals surface area contributed by atoms with Gasteiger partial charge in [-0.25, -0.2) is 19.3 Å². The first-order valence-electron chi connectivity index (χ1n) is 5.39. The van der Waals surface area contributed by atoms with Crippen molar-refractivity contribution in [3.05, 3.63) is 0 Å². The molecule has 0 bridgehead atoms. The maximum absolute atomic E-state index is 11.4. The van der Waals surface area contributed by atoms with E-state index in [4.69, 9.17) is 10.6 Å². The average Bonchev–Trinajstić information content (AvgIpc) is 2.52. The fraction of sp³-hybridized carbons (Fsp3) is 0.889. The largest absolute Gasteiger partial charge is 0.383 e. The van der Waals surface area contributed by atoms with Crippen LogP contribution in [-0.2, 0) is 14.6 Å². The quantitative estimate of drug-likeness (QED) is 0.190. The molecule has 1 saturated heterocycles. The number of ether oxygens (including phenoxy) is 1. The molecule has 0 amide bonds. The zero-order valence-corrected chi connectivity index (χ0v) is 11.0. The van der Waals surface area contributed by atoms with Crippen molar-refractivity contribution in [2.75, 3.05) is 31.8 Å². The summed E-state index contributed by atoms with van der Waals surface area (Å²) in [5, 5.41) is 3.04. The van der Waals surface area contributed by atoms with Crippen molar-refractivity contribution >= 4 is 15.8 Å². The van der Waals surface area contributed by atoms with Gasteiger partial charge in [0.25, 0.3) is 0 Å². The molecule has 1 unspecified atom stereocenters. The minimum absolute atomic E-state index is 0.102. The Hall–Kier alpha value is -0.860. The molecule has 0 spiro atoms. The van der Waals surface area contributed by atoms with E-state index in [-0.39, 0.29) is 11.5 Å². The number of nitrogens with zero attached hydrogens (tertiary/aromatic N) is 1. The number of hydrogen-bond acceptors (Lipinski definition) is 5. The van der Waals surface area contributed by atoms with Gasteiger partial charge in [0.1, 0.15) is 0 Å². The number of methoxy groups -OCH3 is 1. The smallest absolute Gasteiger partial charge is 0.206 e. The molecular weight excluding hydrogens is 244 g/mol. The second kappa shape index (κ2) is 5.65. The van der Waals surface area contributed by atoms with Crippen molar-refractivity contribution in [1.82, 2.24) is 10.7 Å². The van der Waals surface area contributed by atoms with Gasteiger partial charge in [-0.3, -0.25) is 5.43 Å². The molecule has 1 aliphatic rings. The summed E-state index contributed by atoms with van der Waals surface area (Å²) in [5.74, 6) is 6.02. The Labute approximate surface area is 102 Å². The van der Waals surface area contributed by atoms with E-state index in [2.05, 4.69) is 15.7 Å². The lowest BCUT2D eigenvalue weighted by Crippen LogP contribution is -2.53. The molecule has 8 heteroatoms. The lowest BCUT2D eigenvalue weighted by molar-refractivity contribution is 0.207. The first-order chi connectivity index (χ1) is 7.91. The Balaban J connectivity index is 2.59. The van der Waals surface area contributed by atoms with Gasteiger partial charge in [-0.05, 0) is 13.3 Å². The molecule has 0 aromatic carbocycles. The molecule has 1 heterocycles. The van der Waals surface area contributed by atoms with Crippen LogP contribution in [0.15, 0.2) is 4.99 Å². The summed E-state index contributed by atoms with van der Waals surface area (Å²) in [4.78, 5) is 4.14. The molecule has 0 saturated carbocycles. The SMILES string of the molecule is COCCN=C(NN)NC1(C)CCS(=O)(=O)C1. The minimum Gasteiger partial charge on any atom is -0.383 e. The average molecular weight is 264 g/mol. The normalized spacial score (nSPS) is 28.1. The van der Waals surface area contributed by atoms with Crippen LogP contribution in [0.3, 0.4) is 0 Å². The molecule has 0 radical (unpaired) electrons. The summed E-state index contributed by atoms with van der Waals surface area (Å²) in [6.07, 6.45) is 0.556. The van der Waals surface area contributed by atoms with E-state index in [9.17, 15) is 8.42 Å². The van der Waals surface area contributed by atoms with Gasteiger partial charge in [0.15, 0.2) is 9.84 Å². The van der Waals surface area contributed by atoms with E-state index >= 15 is 0 Å². The Kier molecular flexibility index (Phi) is 4.72. The third-order valence-electron chi connectivity index (χ3n) is 2.63. The molecular formula is C9H20N4O3S. The topological polar surface area (TPSA) is 106 Å². The second-order valence-electron chi connectivity index (χ2n) is 4.40. The molecule has 17 heavy (non-hydrogen) atoms. The maximum atomic E-state index is 11.4. The summed E-state index contributed by atoms with van der Waals surface area (Å²) < 4.78 is 27.7. The van der Waals surface area contributed by atoms with Crippen LogP contribution in [0, 0.1) is 0 Å². The van der Waals surface area contributed by atoms with Crippen molar-refractivity contribution in [3.8, 4) is 0 Å². The lowest BCUT2D eigenvalue weighted by atomic mass is 10.0. The number of rotatable bonds is 4. The fourth-order valence-electron chi connectivity index (χ4n) is 1.76. The van der Waals surface area contributed by atoms with Crippen LogP contribution in [0.2, 0.25) is 0 Å². The summed E-state index contributed by atoms with van der Waals surface area (Å²) in [6.45, 7) is 2.80. The summed E-state index contributed by atoms with van der Waals surface area (Å²) >= 11 is 0. The van der Waals surface area contributed by atoms with Gasteiger partial charge in [-0.15, -0.1) is 0 Å². The van der Waals surface area contributed by atoms with Crippen LogP contribution in [-0.4, -0.2) is 51.7 Å². The minimum atomic E-state index is -2.94. The Bertz CT molecular complexity index is 382. The highest BCUT2D eigenvalue weighted by molar-refractivity contribution is 7.91. The van der Waals surface area contributed by atoms with Gasteiger partial charge in [-0.2, -0.15) is 0 Å². The van der Waals surface area contributed by atoms with Gasteiger partial charge >= 0.3 is 0 Å². The maximum Gasteiger partial charge on any atom is 0.206 e. The molecule has 0 aromatic rings. The van der Waals surface area contributed by atoms with E-state index in [1.165, 1.54) is 0 Å². The van der Waals surface area contributed by atoms with Gasteiger partial charge in [-0.1, -0.05) is 0 Å². The van der Waals surface area contributed by atoms with Crippen LogP contribution < -0.4 is 16.6 Å². The van der Waals surface area contributed by atoms with Crippen molar-refractivity contribution in [2.24, 2.45) is 10.8 Å². The van der Waals surface area contributed by atoms with E-state index in [1.807, 2.05) is 6.92 Å². The van der Waals surface area contributed by atoms with Gasteiger partial charge < -0.3 is 10.1 Å². The van der Waals surface area contributed by atoms with E-state index in [0.717, 1.165) is 0 Å². The van der Waals surface area contributed by atoms with Crippen molar-refractivity contribution in [3.63, 3.8) is 0 Å². The number of nitrogens with one attached hydrogen (secondary N) is 2. The van der Waals surface area contributed by atoms with Crippen molar-refractivity contribution in [1.29, 1.82) is 0 Å². The third-order valence-corrected chi connectivity index (χ3v) is 4.53. The second-order valence-corrected chi connectivity index (χ2v) is 6.58. The van der Waals surface area contributed by atoms with Crippen molar-refractivity contribution < 1.29 is 13.2 Å². The number of aliphatic imine (C=N–C) groups is 1. The van der Waals surface area contributed by atoms with Gasteiger partial charge in [0.2, 0.25) is 5.96 Å². The number of hydrogen-bond donors (Lipinski definition) is 3.